The lowest BCUT2D eigenvalue weighted by atomic mass is 10.0. The number of benzene rings is 1. The Morgan fingerprint density at radius 2 is 2.12 bits per heavy atom. The van der Waals surface area contributed by atoms with E-state index in [1.807, 2.05) is 18.2 Å². The van der Waals surface area contributed by atoms with Gasteiger partial charge < -0.3 is 10.2 Å². The van der Waals surface area contributed by atoms with Crippen LogP contribution in [0, 0.1) is 0 Å². The molecule has 3 heterocycles. The number of hydrogen-bond acceptors (Lipinski definition) is 5. The molecule has 1 saturated heterocycles. The Bertz CT molecular complexity index is 907. The van der Waals surface area contributed by atoms with E-state index in [-0.39, 0.29) is 11.9 Å². The molecule has 26 heavy (non-hydrogen) atoms. The monoisotopic (exact) mass is 350 g/mol. The molecule has 3 aromatic rings. The minimum absolute atomic E-state index is 0.0528. The molecular weight excluding hydrogens is 328 g/mol. The first-order valence-corrected chi connectivity index (χ1v) is 9.04. The van der Waals surface area contributed by atoms with Crippen LogP contribution in [0.3, 0.4) is 0 Å². The molecule has 1 aromatic carbocycles. The van der Waals surface area contributed by atoms with Crippen LogP contribution >= 0.6 is 0 Å². The van der Waals surface area contributed by atoms with Gasteiger partial charge in [0, 0.05) is 24.8 Å². The van der Waals surface area contributed by atoms with Gasteiger partial charge in [0.05, 0.1) is 12.5 Å². The number of hydrogen-bond donors (Lipinski definition) is 1. The quantitative estimate of drug-likeness (QED) is 0.780. The summed E-state index contributed by atoms with van der Waals surface area (Å²) in [6, 6.07) is 12.2. The van der Waals surface area contributed by atoms with Crippen LogP contribution in [0.2, 0.25) is 0 Å². The second kappa shape index (κ2) is 7.11. The van der Waals surface area contributed by atoms with Gasteiger partial charge in [-0.05, 0) is 12.0 Å². The van der Waals surface area contributed by atoms with Crippen LogP contribution in [0.15, 0.2) is 42.7 Å². The van der Waals surface area contributed by atoms with Crippen LogP contribution in [0.1, 0.15) is 37.1 Å². The molecule has 1 fully saturated rings. The molecule has 0 radical (unpaired) electrons. The summed E-state index contributed by atoms with van der Waals surface area (Å²) >= 11 is 0. The molecule has 2 aromatic heterocycles. The first kappa shape index (κ1) is 16.5. The summed E-state index contributed by atoms with van der Waals surface area (Å²) in [6.45, 7) is 3.44. The predicted octanol–water partition coefficient (Wildman–Crippen LogP) is 2.14. The first-order valence-electron chi connectivity index (χ1n) is 9.04. The van der Waals surface area contributed by atoms with Crippen molar-refractivity contribution in [3.05, 3.63) is 54.0 Å². The zero-order chi connectivity index (χ0) is 17.9. The molecule has 1 amide bonds. The number of amides is 1. The Morgan fingerprint density at radius 3 is 2.92 bits per heavy atom. The summed E-state index contributed by atoms with van der Waals surface area (Å²) in [4.78, 5) is 23.4. The molecule has 0 bridgehead atoms. The van der Waals surface area contributed by atoms with Crippen molar-refractivity contribution in [1.82, 2.24) is 24.9 Å². The van der Waals surface area contributed by atoms with E-state index in [9.17, 15) is 4.79 Å². The van der Waals surface area contributed by atoms with Gasteiger partial charge in [0.25, 0.3) is 5.78 Å². The SMILES string of the molecule is CCCc1cc(N2CCNC(=O)C[C@H]2c2ccccc2)n2ncnc2n1. The minimum Gasteiger partial charge on any atom is -0.354 e. The van der Waals surface area contributed by atoms with Gasteiger partial charge in [0.15, 0.2) is 0 Å². The number of carbonyl (C=O) groups is 1. The highest BCUT2D eigenvalue weighted by molar-refractivity contribution is 5.78. The second-order valence-corrected chi connectivity index (χ2v) is 6.50. The average molecular weight is 350 g/mol. The van der Waals surface area contributed by atoms with Crippen molar-refractivity contribution in [3.8, 4) is 0 Å². The van der Waals surface area contributed by atoms with Gasteiger partial charge in [0.2, 0.25) is 5.91 Å². The van der Waals surface area contributed by atoms with Crippen molar-refractivity contribution < 1.29 is 4.79 Å². The first-order chi connectivity index (χ1) is 12.8. The third-order valence-electron chi connectivity index (χ3n) is 4.70. The summed E-state index contributed by atoms with van der Waals surface area (Å²) in [7, 11) is 0. The molecule has 0 spiro atoms. The predicted molar refractivity (Wildman–Crippen MR) is 98.9 cm³/mol. The molecule has 1 aliphatic heterocycles. The van der Waals surface area contributed by atoms with Crippen LogP contribution < -0.4 is 10.2 Å². The second-order valence-electron chi connectivity index (χ2n) is 6.50. The van der Waals surface area contributed by atoms with E-state index < -0.39 is 0 Å². The van der Waals surface area contributed by atoms with Gasteiger partial charge in [-0.15, -0.1) is 0 Å². The van der Waals surface area contributed by atoms with Gasteiger partial charge in [-0.1, -0.05) is 43.7 Å². The topological polar surface area (TPSA) is 75.4 Å². The maximum atomic E-state index is 12.2. The molecule has 134 valence electrons. The van der Waals surface area contributed by atoms with Crippen LogP contribution in [-0.2, 0) is 11.2 Å². The van der Waals surface area contributed by atoms with E-state index in [2.05, 4.69) is 50.4 Å². The summed E-state index contributed by atoms with van der Waals surface area (Å²) < 4.78 is 1.77. The normalized spacial score (nSPS) is 18.0. The standard InChI is InChI=1S/C19H22N6O/c1-2-6-15-11-18(25-19(23-15)21-13-22-25)24-10-9-20-17(26)12-16(24)14-7-4-3-5-8-14/h3-5,7-8,11,13,16H,2,6,9-10,12H2,1H3,(H,20,26)/t16-/m0/s1. The van der Waals surface area contributed by atoms with Crippen LogP contribution in [-0.4, -0.2) is 38.6 Å². The molecule has 7 nitrogen and oxygen atoms in total. The van der Waals surface area contributed by atoms with Gasteiger partial charge in [-0.25, -0.2) is 4.98 Å². The van der Waals surface area contributed by atoms with E-state index in [1.165, 1.54) is 6.33 Å². The van der Waals surface area contributed by atoms with E-state index >= 15 is 0 Å². The highest BCUT2D eigenvalue weighted by atomic mass is 16.1. The molecule has 1 aliphatic rings. The third kappa shape index (κ3) is 3.12. The molecule has 4 rings (SSSR count). The lowest BCUT2D eigenvalue weighted by Gasteiger charge is -2.31. The zero-order valence-electron chi connectivity index (χ0n) is 14.8. The average Bonchev–Trinajstić information content (AvgIpc) is 3.04. The van der Waals surface area contributed by atoms with Crippen molar-refractivity contribution in [2.45, 2.75) is 32.2 Å². The fourth-order valence-electron chi connectivity index (χ4n) is 3.51. The van der Waals surface area contributed by atoms with Gasteiger partial charge in [0.1, 0.15) is 12.1 Å². The highest BCUT2D eigenvalue weighted by Gasteiger charge is 2.28. The summed E-state index contributed by atoms with van der Waals surface area (Å²) in [5, 5.41) is 7.35. The maximum Gasteiger partial charge on any atom is 0.254 e. The number of fused-ring (bicyclic) bond motifs is 1. The van der Waals surface area contributed by atoms with E-state index in [4.69, 9.17) is 0 Å². The zero-order valence-corrected chi connectivity index (χ0v) is 14.8. The smallest absolute Gasteiger partial charge is 0.254 e. The minimum atomic E-state index is -0.0528. The fourth-order valence-corrected chi connectivity index (χ4v) is 3.51. The van der Waals surface area contributed by atoms with Crippen LogP contribution in [0.4, 0.5) is 5.82 Å². The molecule has 7 heteroatoms. The molecular formula is C19H22N6O. The largest absolute Gasteiger partial charge is 0.354 e. The molecule has 1 N–H and O–H groups in total. The summed E-state index contributed by atoms with van der Waals surface area (Å²) in [5.74, 6) is 1.60. The Labute approximate surface area is 152 Å². The number of anilines is 1. The Kier molecular flexibility index (Phi) is 4.51. The lowest BCUT2D eigenvalue weighted by molar-refractivity contribution is -0.121. The number of aromatic nitrogens is 4. The van der Waals surface area contributed by atoms with E-state index in [0.717, 1.165) is 29.9 Å². The molecule has 1 atom stereocenters. The maximum absolute atomic E-state index is 12.2. The summed E-state index contributed by atoms with van der Waals surface area (Å²) in [5.41, 5.74) is 2.12. The van der Waals surface area contributed by atoms with Crippen LogP contribution in [0.25, 0.3) is 5.78 Å². The number of rotatable bonds is 4. The number of nitrogens with zero attached hydrogens (tertiary/aromatic N) is 5. The number of carbonyl (C=O) groups excluding carboxylic acids is 1. The van der Waals surface area contributed by atoms with Gasteiger partial charge in [-0.3, -0.25) is 4.79 Å². The highest BCUT2D eigenvalue weighted by Crippen LogP contribution is 2.31. The number of aryl methyl sites for hydroxylation is 1. The number of nitrogens with one attached hydrogen (secondary N) is 1. The van der Waals surface area contributed by atoms with Crippen molar-refractivity contribution >= 4 is 17.5 Å². The molecule has 0 unspecified atom stereocenters. The lowest BCUT2D eigenvalue weighted by Crippen LogP contribution is -2.32. The van der Waals surface area contributed by atoms with Crippen molar-refractivity contribution in [2.24, 2.45) is 0 Å². The third-order valence-corrected chi connectivity index (χ3v) is 4.70. The van der Waals surface area contributed by atoms with Gasteiger partial charge >= 0.3 is 0 Å². The fraction of sp³-hybridized carbons (Fsp3) is 0.368. The Balaban J connectivity index is 1.84. The molecule has 0 saturated carbocycles. The van der Waals surface area contributed by atoms with Gasteiger partial charge in [-0.2, -0.15) is 14.6 Å². The summed E-state index contributed by atoms with van der Waals surface area (Å²) in [6.07, 6.45) is 3.84. The Morgan fingerprint density at radius 1 is 1.27 bits per heavy atom. The molecule has 0 aliphatic carbocycles. The van der Waals surface area contributed by atoms with Crippen LogP contribution in [0.5, 0.6) is 0 Å². The van der Waals surface area contributed by atoms with Crippen molar-refractivity contribution in [2.75, 3.05) is 18.0 Å². The van der Waals surface area contributed by atoms with E-state index in [1.54, 1.807) is 4.52 Å². The van der Waals surface area contributed by atoms with Crippen molar-refractivity contribution in [1.29, 1.82) is 0 Å². The van der Waals surface area contributed by atoms with E-state index in [0.29, 0.717) is 25.3 Å². The Hall–Kier alpha value is -2.96. The van der Waals surface area contributed by atoms with Crippen molar-refractivity contribution in [3.63, 3.8) is 0 Å².